The van der Waals surface area contributed by atoms with E-state index in [-0.39, 0.29) is 17.9 Å². The lowest BCUT2D eigenvalue weighted by Gasteiger charge is -2.13. The molecule has 1 aromatic heterocycles. The summed E-state index contributed by atoms with van der Waals surface area (Å²) in [6.07, 6.45) is 0.173. The lowest BCUT2D eigenvalue weighted by Crippen LogP contribution is -2.41. The van der Waals surface area contributed by atoms with Gasteiger partial charge in [0.2, 0.25) is 0 Å². The second-order valence-electron chi connectivity index (χ2n) is 4.53. The van der Waals surface area contributed by atoms with Gasteiger partial charge in [-0.1, -0.05) is 29.3 Å². The van der Waals surface area contributed by atoms with Crippen LogP contribution in [0.25, 0.3) is 10.1 Å². The summed E-state index contributed by atoms with van der Waals surface area (Å²) in [6.45, 7) is 0.229. The number of benzene rings is 1. The number of ether oxygens (including phenoxy) is 1. The van der Waals surface area contributed by atoms with E-state index in [4.69, 9.17) is 33.0 Å². The van der Waals surface area contributed by atoms with Gasteiger partial charge in [-0.2, -0.15) is 0 Å². The third-order valence-electron chi connectivity index (χ3n) is 3.01. The number of aliphatic carboxylic acids is 1. The molecule has 0 saturated carbocycles. The Bertz CT molecular complexity index is 716. The predicted octanol–water partition coefficient (Wildman–Crippen LogP) is 3.43. The molecular formula is C14H13Cl2NO4S. The number of amides is 1. The molecule has 5 nitrogen and oxygen atoms in total. The van der Waals surface area contributed by atoms with Crippen molar-refractivity contribution in [2.75, 3.05) is 13.7 Å². The number of carboxylic acids is 1. The molecule has 0 aliphatic heterocycles. The van der Waals surface area contributed by atoms with Crippen molar-refractivity contribution in [2.24, 2.45) is 0 Å². The maximum absolute atomic E-state index is 12.3. The van der Waals surface area contributed by atoms with Crippen molar-refractivity contribution in [1.82, 2.24) is 5.32 Å². The molecule has 0 bridgehead atoms. The van der Waals surface area contributed by atoms with Gasteiger partial charge in [-0.3, -0.25) is 4.79 Å². The van der Waals surface area contributed by atoms with Gasteiger partial charge in [-0.25, -0.2) is 4.79 Å². The fourth-order valence-corrected chi connectivity index (χ4v) is 3.60. The Morgan fingerprint density at radius 1 is 1.41 bits per heavy atom. The topological polar surface area (TPSA) is 75.6 Å². The standard InChI is InChI=1S/C14H13Cl2NO4S/c1-21-5-4-9(14(19)20)17-13(18)12-11(16)8-3-2-7(15)6-10(8)22-12/h2-3,6,9H,4-5H2,1H3,(H,17,18)(H,19,20). The summed E-state index contributed by atoms with van der Waals surface area (Å²) < 4.78 is 5.61. The zero-order chi connectivity index (χ0) is 16.3. The smallest absolute Gasteiger partial charge is 0.326 e. The highest BCUT2D eigenvalue weighted by atomic mass is 35.5. The Kier molecular flexibility index (Phi) is 5.63. The SMILES string of the molecule is COCCC(NC(=O)c1sc2cc(Cl)ccc2c1Cl)C(=O)O. The molecular weight excluding hydrogens is 349 g/mol. The number of carboxylic acid groups (broad SMARTS) is 1. The fourth-order valence-electron chi connectivity index (χ4n) is 1.90. The van der Waals surface area contributed by atoms with Crippen molar-refractivity contribution >= 4 is 56.5 Å². The van der Waals surface area contributed by atoms with E-state index in [0.717, 1.165) is 4.70 Å². The van der Waals surface area contributed by atoms with Crippen molar-refractivity contribution in [3.05, 3.63) is 33.1 Å². The van der Waals surface area contributed by atoms with Crippen LogP contribution in [0.3, 0.4) is 0 Å². The minimum atomic E-state index is -1.12. The van der Waals surface area contributed by atoms with Gasteiger partial charge < -0.3 is 15.2 Å². The number of hydrogen-bond acceptors (Lipinski definition) is 4. The van der Waals surface area contributed by atoms with Crippen LogP contribution >= 0.6 is 34.5 Å². The molecule has 2 N–H and O–H groups in total. The minimum absolute atomic E-state index is 0.173. The Labute approximate surface area is 140 Å². The van der Waals surface area contributed by atoms with Crippen LogP contribution in [0, 0.1) is 0 Å². The molecule has 22 heavy (non-hydrogen) atoms. The fraction of sp³-hybridized carbons (Fsp3) is 0.286. The average Bonchev–Trinajstić information content (AvgIpc) is 2.79. The molecule has 1 aromatic carbocycles. The summed E-state index contributed by atoms with van der Waals surface area (Å²) in [4.78, 5) is 23.7. The first-order chi connectivity index (χ1) is 10.4. The van der Waals surface area contributed by atoms with Gasteiger partial charge in [0.15, 0.2) is 0 Å². The second-order valence-corrected chi connectivity index (χ2v) is 6.40. The summed E-state index contributed by atoms with van der Waals surface area (Å²) in [5.41, 5.74) is 0. The zero-order valence-electron chi connectivity index (χ0n) is 11.6. The van der Waals surface area contributed by atoms with E-state index in [2.05, 4.69) is 5.32 Å². The summed E-state index contributed by atoms with van der Waals surface area (Å²) in [5.74, 6) is -1.64. The highest BCUT2D eigenvalue weighted by molar-refractivity contribution is 7.21. The van der Waals surface area contributed by atoms with Gasteiger partial charge in [0.05, 0.1) is 5.02 Å². The normalized spacial score (nSPS) is 12.3. The van der Waals surface area contributed by atoms with Crippen molar-refractivity contribution < 1.29 is 19.4 Å². The molecule has 8 heteroatoms. The first-order valence-electron chi connectivity index (χ1n) is 6.34. The van der Waals surface area contributed by atoms with Gasteiger partial charge >= 0.3 is 5.97 Å². The summed E-state index contributed by atoms with van der Waals surface area (Å²) in [6, 6.07) is 4.09. The van der Waals surface area contributed by atoms with E-state index in [9.17, 15) is 9.59 Å². The first-order valence-corrected chi connectivity index (χ1v) is 7.91. The van der Waals surface area contributed by atoms with Crippen molar-refractivity contribution in [2.45, 2.75) is 12.5 Å². The number of halogens is 2. The summed E-state index contributed by atoms with van der Waals surface area (Å²) in [5, 5.41) is 13.1. The van der Waals surface area contributed by atoms with Gasteiger partial charge in [0, 0.05) is 35.2 Å². The Balaban J connectivity index is 2.25. The second kappa shape index (κ2) is 7.28. The molecule has 2 rings (SSSR count). The molecule has 1 atom stereocenters. The van der Waals surface area contributed by atoms with Crippen molar-refractivity contribution in [3.63, 3.8) is 0 Å². The van der Waals surface area contributed by atoms with E-state index >= 15 is 0 Å². The van der Waals surface area contributed by atoms with E-state index in [1.807, 2.05) is 0 Å². The number of methoxy groups -OCH3 is 1. The lowest BCUT2D eigenvalue weighted by atomic mass is 10.2. The van der Waals surface area contributed by atoms with Crippen molar-refractivity contribution in [1.29, 1.82) is 0 Å². The first kappa shape index (κ1) is 17.0. The maximum atomic E-state index is 12.3. The van der Waals surface area contributed by atoms with Crippen LogP contribution < -0.4 is 5.32 Å². The van der Waals surface area contributed by atoms with E-state index < -0.39 is 17.9 Å². The van der Waals surface area contributed by atoms with Gasteiger partial charge in [0.1, 0.15) is 10.9 Å². The zero-order valence-corrected chi connectivity index (χ0v) is 13.9. The molecule has 0 aliphatic carbocycles. The monoisotopic (exact) mass is 361 g/mol. The quantitative estimate of drug-likeness (QED) is 0.826. The molecule has 0 spiro atoms. The van der Waals surface area contributed by atoms with Gasteiger partial charge in [-0.05, 0) is 12.1 Å². The highest BCUT2D eigenvalue weighted by Crippen LogP contribution is 2.36. The number of hydrogen-bond donors (Lipinski definition) is 2. The van der Waals surface area contributed by atoms with Crippen LogP contribution in [0.15, 0.2) is 18.2 Å². The molecule has 0 saturated heterocycles. The Morgan fingerprint density at radius 2 is 2.14 bits per heavy atom. The Hall–Kier alpha value is -1.34. The minimum Gasteiger partial charge on any atom is -0.480 e. The number of carbonyl (C=O) groups is 2. The van der Waals surface area contributed by atoms with Crippen LogP contribution in [0.4, 0.5) is 0 Å². The number of thiophene rings is 1. The molecule has 0 radical (unpaired) electrons. The summed E-state index contributed by atoms with van der Waals surface area (Å²) in [7, 11) is 1.47. The highest BCUT2D eigenvalue weighted by Gasteiger charge is 2.24. The van der Waals surface area contributed by atoms with Crippen LogP contribution in [-0.2, 0) is 9.53 Å². The molecule has 1 unspecified atom stereocenters. The molecule has 1 amide bonds. The Morgan fingerprint density at radius 3 is 2.77 bits per heavy atom. The van der Waals surface area contributed by atoms with Crippen LogP contribution in [-0.4, -0.2) is 36.7 Å². The van der Waals surface area contributed by atoms with Crippen molar-refractivity contribution in [3.8, 4) is 0 Å². The number of fused-ring (bicyclic) bond motifs is 1. The number of rotatable bonds is 6. The third-order valence-corrected chi connectivity index (χ3v) is 4.90. The predicted molar refractivity (Wildman–Crippen MR) is 87.2 cm³/mol. The lowest BCUT2D eigenvalue weighted by molar-refractivity contribution is -0.139. The molecule has 1 heterocycles. The van der Waals surface area contributed by atoms with Crippen LogP contribution in [0.5, 0.6) is 0 Å². The third kappa shape index (κ3) is 3.70. The molecule has 0 fully saturated rings. The van der Waals surface area contributed by atoms with Gasteiger partial charge in [0.25, 0.3) is 5.91 Å². The number of carbonyl (C=O) groups excluding carboxylic acids is 1. The van der Waals surface area contributed by atoms with Gasteiger partial charge in [-0.15, -0.1) is 11.3 Å². The number of nitrogens with one attached hydrogen (secondary N) is 1. The van der Waals surface area contributed by atoms with E-state index in [1.54, 1.807) is 18.2 Å². The maximum Gasteiger partial charge on any atom is 0.326 e. The average molecular weight is 362 g/mol. The molecule has 0 aliphatic rings. The molecule has 118 valence electrons. The van der Waals surface area contributed by atoms with E-state index in [0.29, 0.717) is 15.4 Å². The van der Waals surface area contributed by atoms with Crippen LogP contribution in [0.1, 0.15) is 16.1 Å². The van der Waals surface area contributed by atoms with Crippen LogP contribution in [0.2, 0.25) is 10.0 Å². The molecule has 2 aromatic rings. The van der Waals surface area contributed by atoms with E-state index in [1.165, 1.54) is 18.4 Å². The summed E-state index contributed by atoms with van der Waals surface area (Å²) >= 11 is 13.3. The largest absolute Gasteiger partial charge is 0.480 e.